The molecule has 0 radical (unpaired) electrons. The van der Waals surface area contributed by atoms with Crippen LogP contribution in [-0.2, 0) is 14.1 Å². The minimum Gasteiger partial charge on any atom is -0.351 e. The number of nitrogens with zero attached hydrogens (tertiary/aromatic N) is 2. The van der Waals surface area contributed by atoms with Crippen LogP contribution in [0.1, 0.15) is 11.4 Å². The van der Waals surface area contributed by atoms with Crippen LogP contribution in [0.25, 0.3) is 0 Å². The summed E-state index contributed by atoms with van der Waals surface area (Å²) in [5.41, 5.74) is 2.21. The Bertz CT molecular complexity index is 725. The van der Waals surface area contributed by atoms with Crippen molar-refractivity contribution >= 4 is 36.1 Å². The van der Waals surface area contributed by atoms with Crippen molar-refractivity contribution in [2.45, 2.75) is 13.8 Å². The number of anilines is 2. The maximum absolute atomic E-state index is 5.26. The van der Waals surface area contributed by atoms with Gasteiger partial charge in [-0.05, 0) is 13.8 Å². The summed E-state index contributed by atoms with van der Waals surface area (Å²) < 4.78 is 5.27. The molecule has 0 saturated heterocycles. The first kappa shape index (κ1) is 16.6. The summed E-state index contributed by atoms with van der Waals surface area (Å²) in [6.07, 6.45) is 0. The molecule has 0 spiro atoms. The predicted molar refractivity (Wildman–Crippen MR) is 92.1 cm³/mol. The molecule has 8 heteroatoms. The average molecular weight is 339 g/mol. The first-order chi connectivity index (χ1) is 10.4. The highest BCUT2D eigenvalue weighted by atomic mass is 32.1. The summed E-state index contributed by atoms with van der Waals surface area (Å²) >= 11 is 10.5. The van der Waals surface area contributed by atoms with Gasteiger partial charge in [-0.2, -0.15) is 0 Å². The quantitative estimate of drug-likeness (QED) is 0.380. The van der Waals surface area contributed by atoms with Crippen molar-refractivity contribution in [1.29, 1.82) is 0 Å². The Morgan fingerprint density at radius 2 is 1.23 bits per heavy atom. The van der Waals surface area contributed by atoms with Crippen LogP contribution < -0.4 is 19.8 Å². The minimum atomic E-state index is 0.700. The molecule has 2 aromatic rings. The zero-order valence-corrected chi connectivity index (χ0v) is 14.9. The highest BCUT2D eigenvalue weighted by Gasteiger charge is 2.06. The molecule has 118 valence electrons. The maximum Gasteiger partial charge on any atom is 0.350 e. The van der Waals surface area contributed by atoms with Crippen LogP contribution in [0.3, 0.4) is 0 Å². The largest absolute Gasteiger partial charge is 0.351 e. The standard InChI is InChI=1S/C14H20N6S2/c1-9-7-11(17-13(21)19(9)3)15-5-6-16-12-8-10(2)20(4)14(22)18-12/h7-8H,5-6H2,1-4H3,(H2,15,16,17,18,21,22)/p+2. The Morgan fingerprint density at radius 1 is 0.864 bits per heavy atom. The number of aromatic nitrogens is 4. The van der Waals surface area contributed by atoms with Gasteiger partial charge in [-0.25, -0.2) is 19.1 Å². The zero-order valence-electron chi connectivity index (χ0n) is 13.3. The SMILES string of the molecule is Cc1cc(NCCNc2cc(C)[n+](C)c(=S)[nH]2)[nH]c(=S)[n+]1C. The second-order valence-electron chi connectivity index (χ2n) is 5.23. The normalized spacial score (nSPS) is 10.5. The van der Waals surface area contributed by atoms with E-state index < -0.39 is 0 Å². The zero-order chi connectivity index (χ0) is 16.3. The molecule has 0 fully saturated rings. The lowest BCUT2D eigenvalue weighted by Crippen LogP contribution is -2.35. The van der Waals surface area contributed by atoms with Crippen molar-refractivity contribution < 1.29 is 9.13 Å². The molecular formula is C14H22N6S2+2. The number of aryl methyl sites for hydroxylation is 2. The van der Waals surface area contributed by atoms with E-state index in [1.54, 1.807) is 0 Å². The van der Waals surface area contributed by atoms with E-state index in [4.69, 9.17) is 24.4 Å². The first-order valence-corrected chi connectivity index (χ1v) is 7.88. The van der Waals surface area contributed by atoms with Crippen LogP contribution in [0.2, 0.25) is 0 Å². The highest BCUT2D eigenvalue weighted by molar-refractivity contribution is 7.71. The molecule has 0 bridgehead atoms. The predicted octanol–water partition coefficient (Wildman–Crippen LogP) is 1.59. The van der Waals surface area contributed by atoms with E-state index in [1.807, 2.05) is 49.2 Å². The summed E-state index contributed by atoms with van der Waals surface area (Å²) in [4.78, 5) is 6.30. The van der Waals surface area contributed by atoms with E-state index in [9.17, 15) is 0 Å². The molecule has 4 N–H and O–H groups in total. The number of rotatable bonds is 5. The fourth-order valence-electron chi connectivity index (χ4n) is 1.99. The molecule has 0 unspecified atom stereocenters. The van der Waals surface area contributed by atoms with E-state index in [2.05, 4.69) is 20.6 Å². The van der Waals surface area contributed by atoms with E-state index in [-0.39, 0.29) is 0 Å². The molecule has 0 atom stereocenters. The van der Waals surface area contributed by atoms with Crippen LogP contribution in [0, 0.1) is 23.4 Å². The number of H-pyrrole nitrogens is 2. The van der Waals surface area contributed by atoms with Crippen molar-refractivity contribution in [3.63, 3.8) is 0 Å². The summed E-state index contributed by atoms with van der Waals surface area (Å²) in [5, 5.41) is 6.64. The lowest BCUT2D eigenvalue weighted by molar-refractivity contribution is -0.687. The van der Waals surface area contributed by atoms with Gasteiger partial charge in [0.25, 0.3) is 0 Å². The Morgan fingerprint density at radius 3 is 1.55 bits per heavy atom. The highest BCUT2D eigenvalue weighted by Crippen LogP contribution is 2.04. The van der Waals surface area contributed by atoms with Crippen LogP contribution in [0.4, 0.5) is 11.6 Å². The minimum absolute atomic E-state index is 0.700. The summed E-state index contributed by atoms with van der Waals surface area (Å²) in [7, 11) is 3.89. The molecular weight excluding hydrogens is 316 g/mol. The topological polar surface area (TPSA) is 63.4 Å². The Hall–Kier alpha value is -1.80. The van der Waals surface area contributed by atoms with Gasteiger partial charge in [-0.15, -0.1) is 0 Å². The van der Waals surface area contributed by atoms with Gasteiger partial charge in [0, 0.05) is 49.7 Å². The summed E-state index contributed by atoms with van der Waals surface area (Å²) in [5.74, 6) is 1.84. The third-order valence-corrected chi connectivity index (χ3v) is 4.36. The monoisotopic (exact) mass is 338 g/mol. The molecule has 2 aromatic heterocycles. The van der Waals surface area contributed by atoms with Gasteiger partial charge < -0.3 is 10.6 Å². The van der Waals surface area contributed by atoms with Crippen molar-refractivity contribution in [1.82, 2.24) is 9.97 Å². The number of hydrogen-bond donors (Lipinski definition) is 4. The van der Waals surface area contributed by atoms with Crippen molar-refractivity contribution in [3.05, 3.63) is 33.1 Å². The molecule has 0 saturated carbocycles. The lowest BCUT2D eigenvalue weighted by Gasteiger charge is -2.07. The molecule has 0 aliphatic heterocycles. The fourth-order valence-corrected chi connectivity index (χ4v) is 2.49. The van der Waals surface area contributed by atoms with Crippen LogP contribution >= 0.6 is 24.4 Å². The number of hydrogen-bond acceptors (Lipinski definition) is 4. The molecule has 2 heterocycles. The molecule has 6 nitrogen and oxygen atoms in total. The van der Waals surface area contributed by atoms with Gasteiger partial charge >= 0.3 is 9.54 Å². The van der Waals surface area contributed by atoms with E-state index in [0.717, 1.165) is 36.1 Å². The van der Waals surface area contributed by atoms with Crippen LogP contribution in [0.5, 0.6) is 0 Å². The molecule has 2 rings (SSSR count). The van der Waals surface area contributed by atoms with Gasteiger partial charge in [-0.3, -0.25) is 0 Å². The fraction of sp³-hybridized carbons (Fsp3) is 0.429. The van der Waals surface area contributed by atoms with Gasteiger partial charge in [0.2, 0.25) is 0 Å². The summed E-state index contributed by atoms with van der Waals surface area (Å²) in [6, 6.07) is 4.08. The van der Waals surface area contributed by atoms with Crippen molar-refractivity contribution in [2.75, 3.05) is 23.7 Å². The van der Waals surface area contributed by atoms with E-state index >= 15 is 0 Å². The molecule has 0 aliphatic rings. The van der Waals surface area contributed by atoms with Crippen LogP contribution in [0.15, 0.2) is 12.1 Å². The molecule has 0 aliphatic carbocycles. The van der Waals surface area contributed by atoms with Gasteiger partial charge in [0.05, 0.1) is 14.1 Å². The average Bonchev–Trinajstić information content (AvgIpc) is 2.46. The van der Waals surface area contributed by atoms with E-state index in [1.165, 1.54) is 0 Å². The smallest absolute Gasteiger partial charge is 0.350 e. The number of aromatic amines is 2. The second kappa shape index (κ2) is 6.97. The van der Waals surface area contributed by atoms with Crippen molar-refractivity contribution in [2.24, 2.45) is 14.1 Å². The Balaban J connectivity index is 1.93. The third-order valence-electron chi connectivity index (χ3n) is 3.61. The third kappa shape index (κ3) is 3.89. The maximum atomic E-state index is 5.26. The molecule has 0 aromatic carbocycles. The Kier molecular flexibility index (Phi) is 5.25. The van der Waals surface area contributed by atoms with Gasteiger partial charge in [-0.1, -0.05) is 0 Å². The Labute approximate surface area is 140 Å². The number of nitrogens with one attached hydrogen (secondary N) is 4. The second-order valence-corrected chi connectivity index (χ2v) is 6.00. The van der Waals surface area contributed by atoms with E-state index in [0.29, 0.717) is 9.54 Å². The first-order valence-electron chi connectivity index (χ1n) is 7.06. The van der Waals surface area contributed by atoms with Gasteiger partial charge in [0.15, 0.2) is 11.6 Å². The van der Waals surface area contributed by atoms with Gasteiger partial charge in [0.1, 0.15) is 11.4 Å². The molecule has 0 amide bonds. The summed E-state index contributed by atoms with van der Waals surface area (Å²) in [6.45, 7) is 5.58. The lowest BCUT2D eigenvalue weighted by atomic mass is 10.4. The van der Waals surface area contributed by atoms with Crippen molar-refractivity contribution in [3.8, 4) is 0 Å². The molecule has 22 heavy (non-hydrogen) atoms. The van der Waals surface area contributed by atoms with Crippen LogP contribution in [-0.4, -0.2) is 23.1 Å².